The van der Waals surface area contributed by atoms with Crippen molar-refractivity contribution in [3.63, 3.8) is 0 Å². The van der Waals surface area contributed by atoms with Crippen LogP contribution in [0.2, 0.25) is 0 Å². The van der Waals surface area contributed by atoms with Crippen molar-refractivity contribution < 1.29 is 9.84 Å². The van der Waals surface area contributed by atoms with Crippen LogP contribution in [0.1, 0.15) is 43.0 Å². The van der Waals surface area contributed by atoms with E-state index in [2.05, 4.69) is 15.0 Å². The number of H-pyrrole nitrogens is 1. The molecule has 1 aliphatic carbocycles. The van der Waals surface area contributed by atoms with Crippen LogP contribution in [0.25, 0.3) is 11.2 Å². The van der Waals surface area contributed by atoms with Gasteiger partial charge in [-0.1, -0.05) is 43.2 Å². The Labute approximate surface area is 150 Å². The van der Waals surface area contributed by atoms with Gasteiger partial charge in [-0.2, -0.15) is 4.98 Å². The van der Waals surface area contributed by atoms with Gasteiger partial charge >= 0.3 is 6.01 Å². The fourth-order valence-corrected chi connectivity index (χ4v) is 3.51. The van der Waals surface area contributed by atoms with Crippen LogP contribution in [0.15, 0.2) is 35.1 Å². The summed E-state index contributed by atoms with van der Waals surface area (Å²) in [5.74, 6) is 1.20. The SMILES string of the molecule is O=c1c2[nH]c(C3CCCC3)nc2nc(OCc2ccccc2)n1CCO. The van der Waals surface area contributed by atoms with E-state index >= 15 is 0 Å². The number of imidazole rings is 1. The first-order valence-corrected chi connectivity index (χ1v) is 9.04. The Hall–Kier alpha value is -2.67. The first-order valence-electron chi connectivity index (χ1n) is 9.04. The van der Waals surface area contributed by atoms with Crippen molar-refractivity contribution in [2.45, 2.75) is 44.8 Å². The third-order valence-corrected chi connectivity index (χ3v) is 4.87. The van der Waals surface area contributed by atoms with E-state index in [1.807, 2.05) is 30.3 Å². The molecule has 0 unspecified atom stereocenters. The van der Waals surface area contributed by atoms with Gasteiger partial charge in [0.1, 0.15) is 12.4 Å². The summed E-state index contributed by atoms with van der Waals surface area (Å²) in [6.07, 6.45) is 4.55. The Kier molecular flexibility index (Phi) is 4.71. The van der Waals surface area contributed by atoms with E-state index in [0.29, 0.717) is 23.7 Å². The molecule has 7 nitrogen and oxygen atoms in total. The summed E-state index contributed by atoms with van der Waals surface area (Å²) >= 11 is 0. The van der Waals surface area contributed by atoms with Gasteiger partial charge in [0.05, 0.1) is 13.2 Å². The number of ether oxygens (including phenoxy) is 1. The van der Waals surface area contributed by atoms with Crippen molar-refractivity contribution >= 4 is 11.2 Å². The fourth-order valence-electron chi connectivity index (χ4n) is 3.51. The van der Waals surface area contributed by atoms with Crippen molar-refractivity contribution in [2.75, 3.05) is 6.61 Å². The van der Waals surface area contributed by atoms with E-state index in [1.54, 1.807) is 0 Å². The molecule has 1 aliphatic rings. The lowest BCUT2D eigenvalue weighted by Crippen LogP contribution is -2.25. The Morgan fingerprint density at radius 1 is 1.19 bits per heavy atom. The van der Waals surface area contributed by atoms with Crippen LogP contribution in [0.5, 0.6) is 6.01 Å². The lowest BCUT2D eigenvalue weighted by molar-refractivity contribution is 0.232. The molecule has 0 radical (unpaired) electrons. The van der Waals surface area contributed by atoms with Crippen LogP contribution in [-0.4, -0.2) is 31.2 Å². The molecule has 1 aromatic carbocycles. The topological polar surface area (TPSA) is 93.0 Å². The zero-order valence-electron chi connectivity index (χ0n) is 14.5. The first-order chi connectivity index (χ1) is 12.8. The van der Waals surface area contributed by atoms with Gasteiger partial charge in [-0.05, 0) is 18.4 Å². The predicted octanol–water partition coefficient (Wildman–Crippen LogP) is 2.35. The second-order valence-electron chi connectivity index (χ2n) is 6.65. The van der Waals surface area contributed by atoms with Gasteiger partial charge in [0.25, 0.3) is 5.56 Å². The molecule has 0 spiro atoms. The molecule has 3 aromatic rings. The number of rotatable bonds is 6. The van der Waals surface area contributed by atoms with E-state index in [0.717, 1.165) is 24.2 Å². The average Bonchev–Trinajstić information content (AvgIpc) is 3.33. The summed E-state index contributed by atoms with van der Waals surface area (Å²) in [4.78, 5) is 25.0. The largest absolute Gasteiger partial charge is 0.460 e. The maximum atomic E-state index is 12.8. The highest BCUT2D eigenvalue weighted by molar-refractivity contribution is 5.70. The molecule has 2 N–H and O–H groups in total. The Morgan fingerprint density at radius 2 is 1.96 bits per heavy atom. The minimum Gasteiger partial charge on any atom is -0.460 e. The van der Waals surface area contributed by atoms with Crippen molar-refractivity contribution in [3.8, 4) is 6.01 Å². The number of nitrogens with zero attached hydrogens (tertiary/aromatic N) is 3. The number of aromatic nitrogens is 4. The monoisotopic (exact) mass is 354 g/mol. The molecule has 136 valence electrons. The second-order valence-corrected chi connectivity index (χ2v) is 6.65. The van der Waals surface area contributed by atoms with Crippen LogP contribution in [-0.2, 0) is 13.2 Å². The standard InChI is InChI=1S/C19H22N4O3/c24-11-10-23-18(25)15-17(21-16(20-15)14-8-4-5-9-14)22-19(23)26-12-13-6-2-1-3-7-13/h1-3,6-7,14,24H,4-5,8-12H2,(H,20,21). The first kappa shape index (κ1) is 16.8. The average molecular weight is 354 g/mol. The third-order valence-electron chi connectivity index (χ3n) is 4.87. The van der Waals surface area contributed by atoms with E-state index in [1.165, 1.54) is 17.4 Å². The summed E-state index contributed by atoms with van der Waals surface area (Å²) < 4.78 is 7.15. The zero-order valence-corrected chi connectivity index (χ0v) is 14.5. The highest BCUT2D eigenvalue weighted by atomic mass is 16.5. The van der Waals surface area contributed by atoms with Gasteiger partial charge in [-0.15, -0.1) is 0 Å². The number of hydrogen-bond donors (Lipinski definition) is 2. The number of nitrogens with one attached hydrogen (secondary N) is 1. The summed E-state index contributed by atoms with van der Waals surface area (Å²) in [6, 6.07) is 9.86. The quantitative estimate of drug-likeness (QED) is 0.709. The number of aliphatic hydroxyl groups excluding tert-OH is 1. The molecule has 0 aliphatic heterocycles. The lowest BCUT2D eigenvalue weighted by atomic mass is 10.1. The zero-order chi connectivity index (χ0) is 17.9. The smallest absolute Gasteiger partial charge is 0.301 e. The number of aliphatic hydroxyl groups is 1. The number of hydrogen-bond acceptors (Lipinski definition) is 5. The maximum Gasteiger partial charge on any atom is 0.301 e. The number of aromatic amines is 1. The third kappa shape index (κ3) is 3.22. The van der Waals surface area contributed by atoms with Gasteiger partial charge in [-0.25, -0.2) is 4.98 Å². The Balaban J connectivity index is 1.70. The van der Waals surface area contributed by atoms with Crippen molar-refractivity contribution in [2.24, 2.45) is 0 Å². The fraction of sp³-hybridized carbons (Fsp3) is 0.421. The van der Waals surface area contributed by atoms with E-state index in [9.17, 15) is 9.90 Å². The van der Waals surface area contributed by atoms with Gasteiger partial charge < -0.3 is 14.8 Å². The molecule has 1 saturated carbocycles. The van der Waals surface area contributed by atoms with E-state index in [4.69, 9.17) is 4.74 Å². The van der Waals surface area contributed by atoms with Crippen LogP contribution in [0, 0.1) is 0 Å². The van der Waals surface area contributed by atoms with Gasteiger partial charge in [0.15, 0.2) is 11.2 Å². The normalized spacial score (nSPS) is 15.0. The summed E-state index contributed by atoms with van der Waals surface area (Å²) in [6.45, 7) is 0.256. The number of fused-ring (bicyclic) bond motifs is 1. The molecule has 0 atom stereocenters. The summed E-state index contributed by atoms with van der Waals surface area (Å²) in [5, 5.41) is 9.33. The molecule has 4 rings (SSSR count). The molecule has 0 saturated heterocycles. The highest BCUT2D eigenvalue weighted by Crippen LogP contribution is 2.32. The Bertz CT molecular complexity index is 943. The Morgan fingerprint density at radius 3 is 2.69 bits per heavy atom. The van der Waals surface area contributed by atoms with Crippen LogP contribution in [0.3, 0.4) is 0 Å². The highest BCUT2D eigenvalue weighted by Gasteiger charge is 2.23. The molecule has 2 aromatic heterocycles. The molecule has 0 amide bonds. The minimum atomic E-state index is -0.260. The van der Waals surface area contributed by atoms with Gasteiger partial charge in [0.2, 0.25) is 0 Å². The molecular formula is C19H22N4O3. The van der Waals surface area contributed by atoms with Crippen LogP contribution >= 0.6 is 0 Å². The number of benzene rings is 1. The predicted molar refractivity (Wildman–Crippen MR) is 97.2 cm³/mol. The minimum absolute atomic E-state index is 0.129. The van der Waals surface area contributed by atoms with Crippen molar-refractivity contribution in [1.82, 2.24) is 19.5 Å². The van der Waals surface area contributed by atoms with Crippen molar-refractivity contribution in [1.29, 1.82) is 0 Å². The van der Waals surface area contributed by atoms with Crippen LogP contribution in [0.4, 0.5) is 0 Å². The summed E-state index contributed by atoms with van der Waals surface area (Å²) in [5.41, 5.74) is 1.48. The molecule has 1 fully saturated rings. The molecular weight excluding hydrogens is 332 g/mol. The van der Waals surface area contributed by atoms with Gasteiger partial charge in [0, 0.05) is 5.92 Å². The molecule has 26 heavy (non-hydrogen) atoms. The van der Waals surface area contributed by atoms with Crippen molar-refractivity contribution in [3.05, 3.63) is 52.1 Å². The van der Waals surface area contributed by atoms with E-state index < -0.39 is 0 Å². The van der Waals surface area contributed by atoms with Crippen LogP contribution < -0.4 is 10.3 Å². The maximum absolute atomic E-state index is 12.8. The summed E-state index contributed by atoms with van der Waals surface area (Å²) in [7, 11) is 0. The van der Waals surface area contributed by atoms with E-state index in [-0.39, 0.29) is 24.7 Å². The molecule has 2 heterocycles. The molecule has 7 heteroatoms. The lowest BCUT2D eigenvalue weighted by Gasteiger charge is -2.11. The van der Waals surface area contributed by atoms with Gasteiger partial charge in [-0.3, -0.25) is 9.36 Å². The second kappa shape index (κ2) is 7.29. The molecule has 0 bridgehead atoms.